The highest BCUT2D eigenvalue weighted by atomic mass is 16.7. The highest BCUT2D eigenvalue weighted by Gasteiger charge is 2.34. The van der Waals surface area contributed by atoms with Crippen LogP contribution in [0.2, 0.25) is 0 Å². The van der Waals surface area contributed by atoms with Gasteiger partial charge in [-0.05, 0) is 39.1 Å². The van der Waals surface area contributed by atoms with Gasteiger partial charge in [0.15, 0.2) is 23.8 Å². The van der Waals surface area contributed by atoms with Gasteiger partial charge >= 0.3 is 0 Å². The Morgan fingerprint density at radius 1 is 1.21 bits per heavy atom. The number of carbonyl (C=O) groups excluding carboxylic acids is 1. The van der Waals surface area contributed by atoms with E-state index in [0.717, 1.165) is 12.8 Å². The molecule has 4 rings (SSSR count). The van der Waals surface area contributed by atoms with Crippen molar-refractivity contribution in [1.29, 1.82) is 0 Å². The summed E-state index contributed by atoms with van der Waals surface area (Å²) < 4.78 is 21.7. The number of rotatable bonds is 7. The molecule has 8 nitrogen and oxygen atoms in total. The quantitative estimate of drug-likeness (QED) is 0.763. The van der Waals surface area contributed by atoms with E-state index in [2.05, 4.69) is 29.3 Å². The zero-order chi connectivity index (χ0) is 20.3. The van der Waals surface area contributed by atoms with Gasteiger partial charge < -0.3 is 28.8 Å². The van der Waals surface area contributed by atoms with Gasteiger partial charge in [-0.15, -0.1) is 0 Å². The number of nitrogens with one attached hydrogen (secondary N) is 1. The lowest BCUT2D eigenvalue weighted by Crippen LogP contribution is -2.53. The van der Waals surface area contributed by atoms with Crippen molar-refractivity contribution >= 4 is 5.91 Å². The summed E-state index contributed by atoms with van der Waals surface area (Å²) in [6.07, 6.45) is 7.20. The van der Waals surface area contributed by atoms with Crippen LogP contribution in [0.3, 0.4) is 0 Å². The lowest BCUT2D eigenvalue weighted by Gasteiger charge is -2.43. The topological polar surface area (TPSA) is 86.1 Å². The van der Waals surface area contributed by atoms with Crippen molar-refractivity contribution in [3.63, 3.8) is 0 Å². The maximum atomic E-state index is 12.5. The zero-order valence-electron chi connectivity index (χ0n) is 16.9. The standard InChI is InChI=1S/C21H27N3O5/c1-24(2)21(8-4-3-5-9-21)13-22-20(25)16-11-27-19(23-16)12-26-15-6-7-17-18(10-15)29-14-28-17/h6-7,10-11H,3-5,8-9,12-14H2,1-2H3,(H,22,25). The van der Waals surface area contributed by atoms with E-state index in [1.54, 1.807) is 18.2 Å². The van der Waals surface area contributed by atoms with Crippen LogP contribution in [0.5, 0.6) is 17.2 Å². The predicted molar refractivity (Wildman–Crippen MR) is 105 cm³/mol. The lowest BCUT2D eigenvalue weighted by molar-refractivity contribution is 0.0796. The van der Waals surface area contributed by atoms with Crippen LogP contribution in [0.4, 0.5) is 0 Å². The van der Waals surface area contributed by atoms with Crippen molar-refractivity contribution in [2.24, 2.45) is 0 Å². The number of likely N-dealkylation sites (N-methyl/N-ethyl adjacent to an activating group) is 1. The Bertz CT molecular complexity index is 858. The van der Waals surface area contributed by atoms with E-state index in [9.17, 15) is 4.79 Å². The number of hydrogen-bond donors (Lipinski definition) is 1. The number of benzene rings is 1. The second kappa shape index (κ2) is 8.32. The molecule has 8 heteroatoms. The van der Waals surface area contributed by atoms with E-state index >= 15 is 0 Å². The molecule has 1 aliphatic carbocycles. The first-order valence-electron chi connectivity index (χ1n) is 9.98. The Hall–Kier alpha value is -2.74. The van der Waals surface area contributed by atoms with E-state index in [4.69, 9.17) is 18.6 Å². The molecular formula is C21H27N3O5. The smallest absolute Gasteiger partial charge is 0.273 e. The molecule has 156 valence electrons. The van der Waals surface area contributed by atoms with Gasteiger partial charge in [0.25, 0.3) is 5.91 Å². The summed E-state index contributed by atoms with van der Waals surface area (Å²) in [5.41, 5.74) is 0.280. The molecule has 0 bridgehead atoms. The molecule has 0 saturated heterocycles. The first-order chi connectivity index (χ1) is 14.1. The summed E-state index contributed by atoms with van der Waals surface area (Å²) >= 11 is 0. The number of nitrogens with zero attached hydrogens (tertiary/aromatic N) is 2. The fourth-order valence-corrected chi connectivity index (χ4v) is 3.92. The second-order valence-electron chi connectivity index (χ2n) is 7.79. The molecule has 1 fully saturated rings. The molecule has 0 spiro atoms. The summed E-state index contributed by atoms with van der Waals surface area (Å²) in [5.74, 6) is 2.07. The Morgan fingerprint density at radius 3 is 2.79 bits per heavy atom. The van der Waals surface area contributed by atoms with Crippen molar-refractivity contribution in [1.82, 2.24) is 15.2 Å². The van der Waals surface area contributed by atoms with Gasteiger partial charge in [-0.1, -0.05) is 19.3 Å². The molecule has 1 N–H and O–H groups in total. The zero-order valence-corrected chi connectivity index (χ0v) is 16.9. The number of carbonyl (C=O) groups is 1. The molecule has 2 heterocycles. The Balaban J connectivity index is 1.31. The van der Waals surface area contributed by atoms with E-state index in [0.29, 0.717) is 29.7 Å². The Labute approximate surface area is 170 Å². The van der Waals surface area contributed by atoms with E-state index < -0.39 is 0 Å². The molecule has 1 aromatic heterocycles. The third-order valence-electron chi connectivity index (χ3n) is 5.80. The van der Waals surface area contributed by atoms with Crippen LogP contribution >= 0.6 is 0 Å². The molecule has 1 aliphatic heterocycles. The molecule has 2 aromatic rings. The highest BCUT2D eigenvalue weighted by molar-refractivity contribution is 5.91. The van der Waals surface area contributed by atoms with Crippen LogP contribution in [-0.4, -0.2) is 48.8 Å². The fraction of sp³-hybridized carbons (Fsp3) is 0.524. The van der Waals surface area contributed by atoms with E-state index in [1.165, 1.54) is 25.5 Å². The normalized spacial score (nSPS) is 17.3. The number of fused-ring (bicyclic) bond motifs is 1. The van der Waals surface area contributed by atoms with Crippen LogP contribution in [0, 0.1) is 0 Å². The van der Waals surface area contributed by atoms with Gasteiger partial charge in [0.05, 0.1) is 0 Å². The average Bonchev–Trinajstić information content (AvgIpc) is 3.40. The lowest BCUT2D eigenvalue weighted by atomic mass is 9.80. The summed E-state index contributed by atoms with van der Waals surface area (Å²) in [5, 5.41) is 3.03. The molecule has 0 radical (unpaired) electrons. The largest absolute Gasteiger partial charge is 0.484 e. The Morgan fingerprint density at radius 2 is 2.00 bits per heavy atom. The van der Waals surface area contributed by atoms with E-state index in [-0.39, 0.29) is 30.5 Å². The van der Waals surface area contributed by atoms with Gasteiger partial charge in [0, 0.05) is 18.2 Å². The van der Waals surface area contributed by atoms with Crippen LogP contribution in [0.15, 0.2) is 28.9 Å². The van der Waals surface area contributed by atoms with Crippen molar-refractivity contribution in [3.05, 3.63) is 36.0 Å². The van der Waals surface area contributed by atoms with E-state index in [1.807, 2.05) is 0 Å². The van der Waals surface area contributed by atoms with Crippen molar-refractivity contribution in [2.75, 3.05) is 27.4 Å². The summed E-state index contributed by atoms with van der Waals surface area (Å²) in [4.78, 5) is 19.0. The van der Waals surface area contributed by atoms with Crippen LogP contribution < -0.4 is 19.5 Å². The first kappa shape index (κ1) is 19.6. The van der Waals surface area contributed by atoms with Gasteiger partial charge in [-0.2, -0.15) is 0 Å². The number of amides is 1. The van der Waals surface area contributed by atoms with Crippen molar-refractivity contribution in [2.45, 2.75) is 44.2 Å². The van der Waals surface area contributed by atoms with Gasteiger partial charge in [-0.25, -0.2) is 4.98 Å². The first-order valence-corrected chi connectivity index (χ1v) is 9.98. The van der Waals surface area contributed by atoms with Gasteiger partial charge in [0.2, 0.25) is 12.7 Å². The molecule has 1 saturated carbocycles. The van der Waals surface area contributed by atoms with Crippen LogP contribution in [0.1, 0.15) is 48.5 Å². The SMILES string of the molecule is CN(C)C1(CNC(=O)c2coc(COc3ccc4c(c3)OCO4)n2)CCCCC1. The van der Waals surface area contributed by atoms with Crippen LogP contribution in [-0.2, 0) is 6.61 Å². The fourth-order valence-electron chi connectivity index (χ4n) is 3.92. The minimum absolute atomic E-state index is 0.0168. The minimum Gasteiger partial charge on any atom is -0.484 e. The van der Waals surface area contributed by atoms with Crippen LogP contribution in [0.25, 0.3) is 0 Å². The molecule has 0 atom stereocenters. The van der Waals surface area contributed by atoms with Crippen molar-refractivity contribution in [3.8, 4) is 17.2 Å². The third-order valence-corrected chi connectivity index (χ3v) is 5.80. The molecule has 0 unspecified atom stereocenters. The molecule has 1 aromatic carbocycles. The predicted octanol–water partition coefficient (Wildman–Crippen LogP) is 2.98. The van der Waals surface area contributed by atoms with Gasteiger partial charge in [0.1, 0.15) is 12.0 Å². The summed E-state index contributed by atoms with van der Waals surface area (Å²) in [6.45, 7) is 0.940. The molecule has 2 aliphatic rings. The number of hydrogen-bond acceptors (Lipinski definition) is 7. The molecular weight excluding hydrogens is 374 g/mol. The van der Waals surface area contributed by atoms with Crippen molar-refractivity contribution < 1.29 is 23.4 Å². The number of oxazole rings is 1. The average molecular weight is 401 g/mol. The maximum Gasteiger partial charge on any atom is 0.273 e. The monoisotopic (exact) mass is 401 g/mol. The molecule has 1 amide bonds. The molecule has 29 heavy (non-hydrogen) atoms. The van der Waals surface area contributed by atoms with Gasteiger partial charge in [-0.3, -0.25) is 4.79 Å². The second-order valence-corrected chi connectivity index (χ2v) is 7.79. The summed E-state index contributed by atoms with van der Waals surface area (Å²) in [7, 11) is 4.16. The number of aromatic nitrogens is 1. The number of ether oxygens (including phenoxy) is 3. The summed E-state index contributed by atoms with van der Waals surface area (Å²) in [6, 6.07) is 5.33. The third kappa shape index (κ3) is 4.32. The highest BCUT2D eigenvalue weighted by Crippen LogP contribution is 2.35. The minimum atomic E-state index is -0.227. The maximum absolute atomic E-state index is 12.5. The Kier molecular flexibility index (Phi) is 5.62.